The normalized spacial score (nSPS) is 13.0. The first-order valence-corrected chi connectivity index (χ1v) is 19.4. The number of anilines is 2. The molecule has 0 bridgehead atoms. The highest BCUT2D eigenvalue weighted by molar-refractivity contribution is 7.99. The van der Waals surface area contributed by atoms with E-state index in [1.54, 1.807) is 0 Å². The Balaban J connectivity index is 0.000000348. The van der Waals surface area contributed by atoms with Gasteiger partial charge in [0.2, 0.25) is 0 Å². The van der Waals surface area contributed by atoms with E-state index in [2.05, 4.69) is 73.4 Å². The van der Waals surface area contributed by atoms with Gasteiger partial charge >= 0.3 is 5.97 Å². The second-order valence-electron chi connectivity index (χ2n) is 13.4. The molecule has 0 radical (unpaired) electrons. The topological polar surface area (TPSA) is 69.6 Å². The number of aromatic hydroxyl groups is 1. The van der Waals surface area contributed by atoms with Crippen molar-refractivity contribution in [2.24, 2.45) is 0 Å². The minimum atomic E-state index is -1.05. The summed E-state index contributed by atoms with van der Waals surface area (Å²) in [6.45, 7) is 5.97. The molecule has 1 unspecified atom stereocenters. The summed E-state index contributed by atoms with van der Waals surface area (Å²) in [6, 6.07) is 20.5. The average molecular weight is 678 g/mol. The van der Waals surface area contributed by atoms with Crippen LogP contribution >= 0.6 is 24.4 Å². The molecule has 0 aliphatic carbocycles. The lowest BCUT2D eigenvalue weighted by atomic mass is 9.90. The zero-order valence-corrected chi connectivity index (χ0v) is 30.9. The van der Waals surface area contributed by atoms with Crippen LogP contribution in [0.5, 0.6) is 5.75 Å². The number of carboxylic acid groups (broad SMARTS) is 1. The molecule has 0 fully saturated rings. The standard InChI is InChI=1S/C29H50O3S.C12H9NS/c1-4-5-6-7-8-9-10-11-12-13-14-15-16-17-18-19-20-29(33,28(31)32)23-26-21-24(2)27(30)25(3)22-26;1-3-7-11-9(5-1)13-10-6-2-4-8-12(10)14-11/h21-22,30,33H,4-20,23H2,1-3H3,(H,31,32);1-8,13H. The van der Waals surface area contributed by atoms with E-state index in [0.717, 1.165) is 29.5 Å². The van der Waals surface area contributed by atoms with E-state index >= 15 is 0 Å². The molecular weight excluding hydrogens is 619 g/mol. The predicted molar refractivity (Wildman–Crippen MR) is 205 cm³/mol. The Morgan fingerprint density at radius 2 is 1.11 bits per heavy atom. The number of carbonyl (C=O) groups is 1. The van der Waals surface area contributed by atoms with E-state index in [0.29, 0.717) is 12.8 Å². The molecule has 3 aromatic rings. The number of benzene rings is 3. The molecule has 1 aliphatic heterocycles. The summed E-state index contributed by atoms with van der Waals surface area (Å²) >= 11 is 6.40. The van der Waals surface area contributed by atoms with Gasteiger partial charge in [-0.3, -0.25) is 4.79 Å². The first-order valence-electron chi connectivity index (χ1n) is 18.1. The summed E-state index contributed by atoms with van der Waals surface area (Å²) in [7, 11) is 0. The largest absolute Gasteiger partial charge is 0.507 e. The number of hydrogen-bond acceptors (Lipinski definition) is 5. The third-order valence-electron chi connectivity index (χ3n) is 9.15. The summed E-state index contributed by atoms with van der Waals surface area (Å²) in [5.41, 5.74) is 4.91. The van der Waals surface area contributed by atoms with Gasteiger partial charge in [-0.1, -0.05) is 158 Å². The van der Waals surface area contributed by atoms with Crippen molar-refractivity contribution in [2.45, 2.75) is 151 Å². The minimum Gasteiger partial charge on any atom is -0.507 e. The number of aryl methyl sites for hydroxylation is 2. The molecule has 1 aliphatic rings. The Kier molecular flexibility index (Phi) is 17.7. The zero-order chi connectivity index (χ0) is 33.9. The van der Waals surface area contributed by atoms with Crippen LogP contribution in [0.3, 0.4) is 0 Å². The zero-order valence-electron chi connectivity index (χ0n) is 29.2. The molecule has 1 atom stereocenters. The molecule has 0 aromatic heterocycles. The van der Waals surface area contributed by atoms with Gasteiger partial charge < -0.3 is 15.5 Å². The van der Waals surface area contributed by atoms with Gasteiger partial charge in [-0.2, -0.15) is 12.6 Å². The summed E-state index contributed by atoms with van der Waals surface area (Å²) in [6.07, 6.45) is 21.9. The third-order valence-corrected chi connectivity index (χ3v) is 10.9. The average Bonchev–Trinajstić information content (AvgIpc) is 3.06. The van der Waals surface area contributed by atoms with Crippen molar-refractivity contribution < 1.29 is 15.0 Å². The smallest absolute Gasteiger partial charge is 0.319 e. The van der Waals surface area contributed by atoms with Crippen LogP contribution in [0.4, 0.5) is 11.4 Å². The molecule has 3 aromatic carbocycles. The van der Waals surface area contributed by atoms with Crippen molar-refractivity contribution in [1.82, 2.24) is 0 Å². The molecule has 47 heavy (non-hydrogen) atoms. The Labute approximate surface area is 295 Å². The first-order chi connectivity index (χ1) is 22.7. The van der Waals surface area contributed by atoms with E-state index in [4.69, 9.17) is 0 Å². The number of carboxylic acids is 1. The molecular formula is C41H59NO3S2. The fraction of sp³-hybridized carbons (Fsp3) is 0.537. The number of nitrogens with one attached hydrogen (secondary N) is 1. The Bertz CT molecular complexity index is 1250. The monoisotopic (exact) mass is 677 g/mol. The quantitative estimate of drug-likeness (QED) is 0.0554. The number of para-hydroxylation sites is 2. The van der Waals surface area contributed by atoms with Gasteiger partial charge in [-0.15, -0.1) is 0 Å². The Hall–Kier alpha value is -2.57. The van der Waals surface area contributed by atoms with Crippen molar-refractivity contribution in [1.29, 1.82) is 0 Å². The van der Waals surface area contributed by atoms with E-state index < -0.39 is 10.7 Å². The van der Waals surface area contributed by atoms with Crippen molar-refractivity contribution in [3.8, 4) is 5.75 Å². The van der Waals surface area contributed by atoms with Crippen LogP contribution < -0.4 is 5.32 Å². The molecule has 0 saturated heterocycles. The van der Waals surface area contributed by atoms with Crippen LogP contribution in [0.2, 0.25) is 0 Å². The maximum atomic E-state index is 11.9. The van der Waals surface area contributed by atoms with Crippen LogP contribution in [0.15, 0.2) is 70.5 Å². The van der Waals surface area contributed by atoms with Gasteiger partial charge in [0, 0.05) is 9.79 Å². The van der Waals surface area contributed by atoms with Gasteiger partial charge in [0.25, 0.3) is 0 Å². The summed E-state index contributed by atoms with van der Waals surface area (Å²) in [4.78, 5) is 14.5. The number of phenols is 1. The molecule has 4 rings (SSSR count). The van der Waals surface area contributed by atoms with Crippen LogP contribution in [-0.2, 0) is 11.2 Å². The van der Waals surface area contributed by atoms with Gasteiger partial charge in [-0.05, 0) is 67.6 Å². The minimum absolute atomic E-state index is 0.289. The Morgan fingerprint density at radius 1 is 0.702 bits per heavy atom. The van der Waals surface area contributed by atoms with Gasteiger partial charge in [0.1, 0.15) is 10.5 Å². The van der Waals surface area contributed by atoms with Crippen LogP contribution in [0.25, 0.3) is 0 Å². The number of unbranched alkanes of at least 4 members (excludes halogenated alkanes) is 15. The highest BCUT2D eigenvalue weighted by Gasteiger charge is 2.34. The summed E-state index contributed by atoms with van der Waals surface area (Å²) in [5.74, 6) is -0.563. The number of fused-ring (bicyclic) bond motifs is 2. The third kappa shape index (κ3) is 13.8. The maximum absolute atomic E-state index is 11.9. The SMILES string of the molecule is CCCCCCCCCCCCCCCCCCC(S)(Cc1cc(C)c(O)c(C)c1)C(=O)O.c1ccc2c(c1)Nc1ccccc1S2. The lowest BCUT2D eigenvalue weighted by Crippen LogP contribution is -2.35. The van der Waals surface area contributed by atoms with Crippen LogP contribution in [0, 0.1) is 13.8 Å². The number of rotatable bonds is 20. The van der Waals surface area contributed by atoms with E-state index in [-0.39, 0.29) is 5.75 Å². The lowest BCUT2D eigenvalue weighted by Gasteiger charge is -2.24. The second kappa shape index (κ2) is 21.4. The molecule has 4 nitrogen and oxygen atoms in total. The molecule has 0 spiro atoms. The maximum Gasteiger partial charge on any atom is 0.319 e. The lowest BCUT2D eigenvalue weighted by molar-refractivity contribution is -0.140. The van der Waals surface area contributed by atoms with Crippen molar-refractivity contribution >= 4 is 41.7 Å². The van der Waals surface area contributed by atoms with Crippen LogP contribution in [-0.4, -0.2) is 20.9 Å². The van der Waals surface area contributed by atoms with Gasteiger partial charge in [-0.25, -0.2) is 0 Å². The van der Waals surface area contributed by atoms with E-state index in [1.807, 2.05) is 37.7 Å². The number of thiol groups is 1. The van der Waals surface area contributed by atoms with Crippen LogP contribution in [0.1, 0.15) is 133 Å². The second-order valence-corrected chi connectivity index (χ2v) is 15.3. The molecule has 6 heteroatoms. The summed E-state index contributed by atoms with van der Waals surface area (Å²) in [5, 5.41) is 23.2. The first kappa shape index (κ1) is 38.9. The molecule has 258 valence electrons. The summed E-state index contributed by atoms with van der Waals surface area (Å²) < 4.78 is -1.05. The van der Waals surface area contributed by atoms with Crippen molar-refractivity contribution in [3.63, 3.8) is 0 Å². The van der Waals surface area contributed by atoms with Gasteiger partial charge in [0.15, 0.2) is 0 Å². The highest BCUT2D eigenvalue weighted by Crippen LogP contribution is 2.43. The highest BCUT2D eigenvalue weighted by atomic mass is 32.2. The van der Waals surface area contributed by atoms with Crippen molar-refractivity contribution in [2.75, 3.05) is 5.32 Å². The fourth-order valence-electron chi connectivity index (χ4n) is 6.30. The number of phenolic OH excluding ortho intramolecular Hbond substituents is 1. The fourth-order valence-corrected chi connectivity index (χ4v) is 7.63. The molecule has 3 N–H and O–H groups in total. The Morgan fingerprint density at radius 3 is 1.53 bits per heavy atom. The number of hydrogen-bond donors (Lipinski definition) is 4. The number of aliphatic carboxylic acids is 1. The molecule has 0 amide bonds. The van der Waals surface area contributed by atoms with Gasteiger partial charge in [0.05, 0.1) is 11.4 Å². The van der Waals surface area contributed by atoms with E-state index in [1.165, 1.54) is 111 Å². The molecule has 0 saturated carbocycles. The van der Waals surface area contributed by atoms with E-state index in [9.17, 15) is 15.0 Å². The predicted octanol–water partition coefficient (Wildman–Crippen LogP) is 12.9. The molecule has 1 heterocycles. The van der Waals surface area contributed by atoms with Crippen molar-refractivity contribution in [3.05, 3.63) is 77.4 Å².